The van der Waals surface area contributed by atoms with Crippen molar-refractivity contribution in [3.05, 3.63) is 53.6 Å². The summed E-state index contributed by atoms with van der Waals surface area (Å²) in [6, 6.07) is 11.6. The Morgan fingerprint density at radius 3 is 2.74 bits per heavy atom. The maximum atomic E-state index is 13.3. The van der Waals surface area contributed by atoms with E-state index in [0.717, 1.165) is 24.1 Å². The number of para-hydroxylation sites is 1. The normalized spacial score (nSPS) is 23.9. The fraction of sp³-hybridized carbons (Fsp3) is 0.400. The monoisotopic (exact) mass is 388 g/mol. The molecule has 4 rings (SSSR count). The third kappa shape index (κ3) is 2.90. The van der Waals surface area contributed by atoms with Crippen molar-refractivity contribution in [1.82, 2.24) is 0 Å². The highest BCUT2D eigenvalue weighted by Gasteiger charge is 2.42. The minimum Gasteiger partial charge on any atom is -0.485 e. The minimum atomic E-state index is -3.74. The Kier molecular flexibility index (Phi) is 4.21. The van der Waals surface area contributed by atoms with Gasteiger partial charge in [0, 0.05) is 12.1 Å². The van der Waals surface area contributed by atoms with Gasteiger partial charge in [-0.1, -0.05) is 18.2 Å². The molecule has 6 nitrogen and oxygen atoms in total. The average molecular weight is 388 g/mol. The average Bonchev–Trinajstić information content (AvgIpc) is 2.65. The van der Waals surface area contributed by atoms with Gasteiger partial charge in [-0.3, -0.25) is 4.31 Å². The quantitative estimate of drug-likeness (QED) is 0.824. The van der Waals surface area contributed by atoms with Crippen LogP contribution in [0.3, 0.4) is 0 Å². The lowest BCUT2D eigenvalue weighted by Gasteiger charge is -2.41. The van der Waals surface area contributed by atoms with Crippen molar-refractivity contribution in [2.45, 2.75) is 49.3 Å². The number of aryl methyl sites for hydroxylation is 1. The number of nitrogens with two attached hydrogens (primary N) is 1. The van der Waals surface area contributed by atoms with Gasteiger partial charge in [0.1, 0.15) is 17.5 Å². The molecule has 3 N–H and O–H groups in total. The van der Waals surface area contributed by atoms with Crippen LogP contribution in [0.5, 0.6) is 5.75 Å². The number of fused-ring (bicyclic) bond motifs is 2. The molecule has 2 aromatic carbocycles. The third-order valence-electron chi connectivity index (χ3n) is 5.42. The number of aliphatic hydroxyl groups excluding tert-OH is 1. The molecule has 0 saturated carbocycles. The molecule has 2 atom stereocenters. The van der Waals surface area contributed by atoms with E-state index < -0.39 is 27.8 Å². The Hall–Kier alpha value is -2.09. The van der Waals surface area contributed by atoms with E-state index in [1.165, 1.54) is 10.4 Å². The summed E-state index contributed by atoms with van der Waals surface area (Å²) in [6.07, 6.45) is 0.710. The van der Waals surface area contributed by atoms with Crippen molar-refractivity contribution < 1.29 is 18.3 Å². The predicted octanol–water partition coefficient (Wildman–Crippen LogP) is 2.36. The van der Waals surface area contributed by atoms with Gasteiger partial charge >= 0.3 is 0 Å². The topological polar surface area (TPSA) is 92.9 Å². The fourth-order valence-corrected chi connectivity index (χ4v) is 5.44. The molecule has 0 aromatic heterocycles. The first kappa shape index (κ1) is 18.3. The van der Waals surface area contributed by atoms with Crippen LogP contribution in [0, 0.1) is 0 Å². The lowest BCUT2D eigenvalue weighted by Crippen LogP contribution is -2.51. The second-order valence-corrected chi connectivity index (χ2v) is 9.55. The van der Waals surface area contributed by atoms with E-state index >= 15 is 0 Å². The molecule has 2 aliphatic rings. The Morgan fingerprint density at radius 2 is 1.96 bits per heavy atom. The molecule has 0 aliphatic carbocycles. The number of nitrogens with zero attached hydrogens (tertiary/aromatic N) is 1. The summed E-state index contributed by atoms with van der Waals surface area (Å²) >= 11 is 0. The van der Waals surface area contributed by atoms with Crippen LogP contribution >= 0.6 is 0 Å². The molecule has 0 radical (unpaired) electrons. The molecule has 2 heterocycles. The molecule has 27 heavy (non-hydrogen) atoms. The van der Waals surface area contributed by atoms with Crippen LogP contribution in [0.2, 0.25) is 0 Å². The van der Waals surface area contributed by atoms with E-state index in [9.17, 15) is 13.5 Å². The van der Waals surface area contributed by atoms with Gasteiger partial charge in [-0.25, -0.2) is 8.42 Å². The first-order valence-corrected chi connectivity index (χ1v) is 10.5. The molecule has 2 unspecified atom stereocenters. The summed E-state index contributed by atoms with van der Waals surface area (Å²) in [7, 11) is -3.74. The summed E-state index contributed by atoms with van der Waals surface area (Å²) in [6.45, 7) is 3.96. The zero-order chi connectivity index (χ0) is 19.4. The largest absolute Gasteiger partial charge is 0.485 e. The highest BCUT2D eigenvalue weighted by Crippen LogP contribution is 2.40. The van der Waals surface area contributed by atoms with Crippen molar-refractivity contribution in [2.24, 2.45) is 5.73 Å². The highest BCUT2D eigenvalue weighted by molar-refractivity contribution is 7.92. The third-order valence-corrected chi connectivity index (χ3v) is 7.23. The molecule has 7 heteroatoms. The lowest BCUT2D eigenvalue weighted by atomic mass is 9.87. The Morgan fingerprint density at radius 1 is 1.22 bits per heavy atom. The summed E-state index contributed by atoms with van der Waals surface area (Å²) < 4.78 is 34.0. The van der Waals surface area contributed by atoms with Crippen LogP contribution in [0.4, 0.5) is 5.69 Å². The molecule has 0 amide bonds. The molecule has 0 bridgehead atoms. The fourth-order valence-electron chi connectivity index (χ4n) is 3.86. The second kappa shape index (κ2) is 6.22. The van der Waals surface area contributed by atoms with Gasteiger partial charge in [0.2, 0.25) is 0 Å². The summed E-state index contributed by atoms with van der Waals surface area (Å²) in [5, 5.41) is 10.4. The van der Waals surface area contributed by atoms with Gasteiger partial charge in [-0.05, 0) is 56.5 Å². The zero-order valence-corrected chi connectivity index (χ0v) is 16.2. The molecular formula is C20H24N2O4S. The van der Waals surface area contributed by atoms with Crippen molar-refractivity contribution in [2.75, 3.05) is 10.8 Å². The van der Waals surface area contributed by atoms with Crippen molar-refractivity contribution in [3.8, 4) is 5.75 Å². The van der Waals surface area contributed by atoms with E-state index in [1.54, 1.807) is 26.0 Å². The van der Waals surface area contributed by atoms with E-state index in [0.29, 0.717) is 17.9 Å². The summed E-state index contributed by atoms with van der Waals surface area (Å²) in [4.78, 5) is 0.156. The van der Waals surface area contributed by atoms with Gasteiger partial charge < -0.3 is 15.6 Å². The molecule has 0 fully saturated rings. The Bertz CT molecular complexity index is 987. The van der Waals surface area contributed by atoms with Crippen molar-refractivity contribution >= 4 is 15.7 Å². The lowest BCUT2D eigenvalue weighted by molar-refractivity contribution is -0.0572. The van der Waals surface area contributed by atoms with Gasteiger partial charge in [-0.15, -0.1) is 0 Å². The van der Waals surface area contributed by atoms with Crippen LogP contribution < -0.4 is 14.8 Å². The van der Waals surface area contributed by atoms with Gasteiger partial charge in [-0.2, -0.15) is 0 Å². The Balaban J connectivity index is 1.77. The van der Waals surface area contributed by atoms with Crippen LogP contribution in [-0.4, -0.2) is 31.8 Å². The number of sulfonamides is 1. The van der Waals surface area contributed by atoms with E-state index in [1.807, 2.05) is 24.3 Å². The Labute approximate surface area is 159 Å². The van der Waals surface area contributed by atoms with Crippen LogP contribution in [-0.2, 0) is 16.4 Å². The van der Waals surface area contributed by atoms with Crippen molar-refractivity contribution in [3.63, 3.8) is 0 Å². The highest BCUT2D eigenvalue weighted by atomic mass is 32.2. The van der Waals surface area contributed by atoms with E-state index in [4.69, 9.17) is 10.5 Å². The molecule has 144 valence electrons. The number of rotatable bonds is 2. The molecule has 0 spiro atoms. The first-order valence-electron chi connectivity index (χ1n) is 9.09. The number of anilines is 1. The molecule has 0 saturated heterocycles. The van der Waals surface area contributed by atoms with Crippen molar-refractivity contribution in [1.29, 1.82) is 0 Å². The van der Waals surface area contributed by atoms with Crippen LogP contribution in [0.1, 0.15) is 37.4 Å². The SMILES string of the molecule is CC1(C)Oc2ccc(S(=O)(=O)N3CCCc4ccccc43)cc2C(N)C1O. The summed E-state index contributed by atoms with van der Waals surface area (Å²) in [5.74, 6) is 0.510. The standard InChI is InChI=1S/C20H24N2O4S/c1-20(2)19(23)18(21)15-12-14(9-10-17(15)26-20)27(24,25)22-11-5-7-13-6-3-4-8-16(13)22/h3-4,6,8-10,12,18-19,23H,5,7,11,21H2,1-2H3. The molecule has 2 aromatic rings. The number of aliphatic hydroxyl groups is 1. The summed E-state index contributed by atoms with van der Waals surface area (Å²) in [5.41, 5.74) is 7.62. The minimum absolute atomic E-state index is 0.156. The predicted molar refractivity (Wildman–Crippen MR) is 103 cm³/mol. The van der Waals surface area contributed by atoms with Crippen LogP contribution in [0.25, 0.3) is 0 Å². The van der Waals surface area contributed by atoms with Gasteiger partial charge in [0.15, 0.2) is 0 Å². The van der Waals surface area contributed by atoms with Gasteiger partial charge in [0.25, 0.3) is 10.0 Å². The maximum Gasteiger partial charge on any atom is 0.264 e. The number of hydrogen-bond donors (Lipinski definition) is 2. The number of hydrogen-bond acceptors (Lipinski definition) is 5. The van der Waals surface area contributed by atoms with Gasteiger partial charge in [0.05, 0.1) is 16.6 Å². The first-order chi connectivity index (χ1) is 12.7. The van der Waals surface area contributed by atoms with E-state index in [2.05, 4.69) is 0 Å². The second-order valence-electron chi connectivity index (χ2n) is 7.69. The maximum absolute atomic E-state index is 13.3. The zero-order valence-electron chi connectivity index (χ0n) is 15.4. The number of benzene rings is 2. The molecule has 2 aliphatic heterocycles. The van der Waals surface area contributed by atoms with E-state index in [-0.39, 0.29) is 4.90 Å². The smallest absolute Gasteiger partial charge is 0.264 e. The number of ether oxygens (including phenoxy) is 1. The van der Waals surface area contributed by atoms with Crippen LogP contribution in [0.15, 0.2) is 47.4 Å². The molecular weight excluding hydrogens is 364 g/mol.